The summed E-state index contributed by atoms with van der Waals surface area (Å²) in [5, 5.41) is 0. The number of sulfonamides is 1. The molecular formula is C18H26N2O4S. The summed E-state index contributed by atoms with van der Waals surface area (Å²) in [6, 6.07) is 7.82. The molecule has 1 N–H and O–H groups in total. The molecule has 1 aromatic rings. The quantitative estimate of drug-likeness (QED) is 0.829. The molecule has 1 saturated heterocycles. The first-order chi connectivity index (χ1) is 11.8. The summed E-state index contributed by atoms with van der Waals surface area (Å²) < 4.78 is 30.8. The lowest BCUT2D eigenvalue weighted by Gasteiger charge is -2.33. The van der Waals surface area contributed by atoms with Crippen LogP contribution in [0.15, 0.2) is 24.3 Å². The third kappa shape index (κ3) is 4.33. The van der Waals surface area contributed by atoms with Crippen LogP contribution in [0, 0.1) is 5.41 Å². The zero-order valence-electron chi connectivity index (χ0n) is 14.8. The van der Waals surface area contributed by atoms with Crippen molar-refractivity contribution >= 4 is 15.9 Å². The molecular weight excluding hydrogens is 340 g/mol. The summed E-state index contributed by atoms with van der Waals surface area (Å²) in [5.41, 5.74) is 1.12. The van der Waals surface area contributed by atoms with E-state index in [1.807, 2.05) is 29.2 Å². The number of hydrogen-bond donors (Lipinski definition) is 1. The van der Waals surface area contributed by atoms with Gasteiger partial charge in [0.05, 0.1) is 13.4 Å². The number of piperidine rings is 1. The predicted octanol–water partition coefficient (Wildman–Crippen LogP) is 1.56. The molecule has 1 amide bonds. The van der Waals surface area contributed by atoms with Crippen molar-refractivity contribution < 1.29 is 17.9 Å². The lowest BCUT2D eigenvalue weighted by atomic mass is 9.92. The van der Waals surface area contributed by atoms with E-state index in [2.05, 4.69) is 4.72 Å². The van der Waals surface area contributed by atoms with Gasteiger partial charge in [-0.05, 0) is 42.7 Å². The molecule has 0 radical (unpaired) electrons. The number of rotatable bonds is 6. The minimum absolute atomic E-state index is 0.0494. The fourth-order valence-corrected chi connectivity index (χ4v) is 4.69. The molecule has 3 rings (SSSR count). The van der Waals surface area contributed by atoms with Crippen LogP contribution in [0.25, 0.3) is 0 Å². The highest BCUT2D eigenvalue weighted by Crippen LogP contribution is 2.54. The standard InChI is InChI=1S/C18H26N2O4S/c1-24-15-6-4-3-5-14(15)7-8-17(21)20-11-9-18(10-12-20)13-16(18)19-25(2,22)23/h3-6,16,19H,7-13H2,1-2H3. The Bertz CT molecular complexity index is 739. The average molecular weight is 366 g/mol. The normalized spacial score (nSPS) is 22.0. The number of benzene rings is 1. The molecule has 2 aliphatic rings. The summed E-state index contributed by atoms with van der Waals surface area (Å²) >= 11 is 0. The number of carbonyl (C=O) groups is 1. The van der Waals surface area contributed by atoms with Crippen LogP contribution in [-0.4, -0.2) is 51.7 Å². The number of hydrogen-bond acceptors (Lipinski definition) is 4. The first kappa shape index (κ1) is 18.2. The highest BCUT2D eigenvalue weighted by Gasteiger charge is 2.56. The van der Waals surface area contributed by atoms with Crippen molar-refractivity contribution in [3.05, 3.63) is 29.8 Å². The average Bonchev–Trinajstić information content (AvgIpc) is 3.22. The van der Waals surface area contributed by atoms with E-state index in [1.54, 1.807) is 7.11 Å². The molecule has 1 unspecified atom stereocenters. The number of nitrogens with zero attached hydrogens (tertiary/aromatic N) is 1. The number of methoxy groups -OCH3 is 1. The van der Waals surface area contributed by atoms with Crippen LogP contribution in [0.1, 0.15) is 31.2 Å². The highest BCUT2D eigenvalue weighted by atomic mass is 32.2. The molecule has 1 atom stereocenters. The van der Waals surface area contributed by atoms with Crippen LogP contribution < -0.4 is 9.46 Å². The molecule has 0 bridgehead atoms. The largest absolute Gasteiger partial charge is 0.496 e. The lowest BCUT2D eigenvalue weighted by Crippen LogP contribution is -2.41. The van der Waals surface area contributed by atoms with Crippen molar-refractivity contribution in [1.82, 2.24) is 9.62 Å². The summed E-state index contributed by atoms with van der Waals surface area (Å²) in [6.45, 7) is 1.43. The molecule has 6 nitrogen and oxygen atoms in total. The van der Waals surface area contributed by atoms with Crippen molar-refractivity contribution in [2.24, 2.45) is 5.41 Å². The van der Waals surface area contributed by atoms with Crippen LogP contribution >= 0.6 is 0 Å². The Labute approximate surface area is 149 Å². The summed E-state index contributed by atoms with van der Waals surface area (Å²) in [7, 11) is -1.51. The van der Waals surface area contributed by atoms with Gasteiger partial charge in [-0.15, -0.1) is 0 Å². The summed E-state index contributed by atoms with van der Waals surface area (Å²) in [5.74, 6) is 0.981. The number of aryl methyl sites for hydroxylation is 1. The zero-order chi connectivity index (χ0) is 18.1. The fraction of sp³-hybridized carbons (Fsp3) is 0.611. The van der Waals surface area contributed by atoms with Gasteiger partial charge in [-0.1, -0.05) is 18.2 Å². The molecule has 2 fully saturated rings. The van der Waals surface area contributed by atoms with E-state index >= 15 is 0 Å². The van der Waals surface area contributed by atoms with Crippen molar-refractivity contribution in [2.75, 3.05) is 26.5 Å². The molecule has 0 aromatic heterocycles. The number of nitrogens with one attached hydrogen (secondary N) is 1. The van der Waals surface area contributed by atoms with Crippen LogP contribution in [0.2, 0.25) is 0 Å². The second kappa shape index (κ2) is 6.96. The second-order valence-electron chi connectivity index (χ2n) is 7.20. The van der Waals surface area contributed by atoms with Gasteiger partial charge in [0.2, 0.25) is 15.9 Å². The van der Waals surface area contributed by atoms with E-state index in [4.69, 9.17) is 4.74 Å². The fourth-order valence-electron chi connectivity index (χ4n) is 3.84. The van der Waals surface area contributed by atoms with Gasteiger partial charge < -0.3 is 9.64 Å². The van der Waals surface area contributed by atoms with E-state index in [1.165, 1.54) is 6.26 Å². The molecule has 1 aliphatic carbocycles. The van der Waals surface area contributed by atoms with Gasteiger partial charge in [0.1, 0.15) is 5.75 Å². The second-order valence-corrected chi connectivity index (χ2v) is 8.98. The molecule has 25 heavy (non-hydrogen) atoms. The summed E-state index contributed by atoms with van der Waals surface area (Å²) in [4.78, 5) is 14.4. The van der Waals surface area contributed by atoms with E-state index < -0.39 is 10.0 Å². The van der Waals surface area contributed by atoms with Gasteiger partial charge in [0.25, 0.3) is 0 Å². The first-order valence-corrected chi connectivity index (χ1v) is 10.6. The third-order valence-electron chi connectivity index (χ3n) is 5.46. The number of carbonyl (C=O) groups excluding carboxylic acids is 1. The van der Waals surface area contributed by atoms with Crippen molar-refractivity contribution in [2.45, 2.75) is 38.1 Å². The minimum Gasteiger partial charge on any atom is -0.496 e. The number of amides is 1. The van der Waals surface area contributed by atoms with E-state index in [9.17, 15) is 13.2 Å². The third-order valence-corrected chi connectivity index (χ3v) is 6.17. The van der Waals surface area contributed by atoms with E-state index in [0.717, 1.165) is 30.6 Å². The number of para-hydroxylation sites is 1. The Kier molecular flexibility index (Phi) is 5.06. The molecule has 7 heteroatoms. The first-order valence-electron chi connectivity index (χ1n) is 8.70. The Balaban J connectivity index is 1.48. The van der Waals surface area contributed by atoms with Crippen molar-refractivity contribution in [1.29, 1.82) is 0 Å². The lowest BCUT2D eigenvalue weighted by molar-refractivity contribution is -0.132. The van der Waals surface area contributed by atoms with Gasteiger partial charge in [-0.2, -0.15) is 0 Å². The van der Waals surface area contributed by atoms with E-state index in [-0.39, 0.29) is 17.4 Å². The minimum atomic E-state index is -3.15. The van der Waals surface area contributed by atoms with Gasteiger partial charge in [0.15, 0.2) is 0 Å². The Hall–Kier alpha value is -1.60. The molecule has 1 saturated carbocycles. The Morgan fingerprint density at radius 1 is 1.32 bits per heavy atom. The molecule has 1 heterocycles. The maximum Gasteiger partial charge on any atom is 0.222 e. The Morgan fingerprint density at radius 2 is 2.00 bits per heavy atom. The Morgan fingerprint density at radius 3 is 2.64 bits per heavy atom. The van der Waals surface area contributed by atoms with Gasteiger partial charge in [0, 0.05) is 25.6 Å². The smallest absolute Gasteiger partial charge is 0.222 e. The van der Waals surface area contributed by atoms with Crippen molar-refractivity contribution in [3.8, 4) is 5.75 Å². The summed E-state index contributed by atoms with van der Waals surface area (Å²) in [6.07, 6.45) is 4.99. The number of ether oxygens (including phenoxy) is 1. The van der Waals surface area contributed by atoms with Crippen LogP contribution in [0.3, 0.4) is 0 Å². The topological polar surface area (TPSA) is 75.7 Å². The van der Waals surface area contributed by atoms with Gasteiger partial charge >= 0.3 is 0 Å². The maximum atomic E-state index is 12.5. The van der Waals surface area contributed by atoms with Gasteiger partial charge in [-0.25, -0.2) is 13.1 Å². The van der Waals surface area contributed by atoms with Gasteiger partial charge in [-0.3, -0.25) is 4.79 Å². The maximum absolute atomic E-state index is 12.5. The number of likely N-dealkylation sites (tertiary alicyclic amines) is 1. The molecule has 1 spiro atoms. The van der Waals surface area contributed by atoms with Crippen LogP contribution in [-0.2, 0) is 21.2 Å². The monoisotopic (exact) mass is 366 g/mol. The van der Waals surface area contributed by atoms with Crippen LogP contribution in [0.4, 0.5) is 0 Å². The predicted molar refractivity (Wildman–Crippen MR) is 95.9 cm³/mol. The molecule has 1 aromatic carbocycles. The molecule has 138 valence electrons. The SMILES string of the molecule is COc1ccccc1CCC(=O)N1CCC2(CC1)CC2NS(C)(=O)=O. The highest BCUT2D eigenvalue weighted by molar-refractivity contribution is 7.88. The van der Waals surface area contributed by atoms with E-state index in [0.29, 0.717) is 25.9 Å². The molecule has 1 aliphatic heterocycles. The van der Waals surface area contributed by atoms with Crippen molar-refractivity contribution in [3.63, 3.8) is 0 Å². The zero-order valence-corrected chi connectivity index (χ0v) is 15.6. The van der Waals surface area contributed by atoms with Crippen LogP contribution in [0.5, 0.6) is 5.75 Å².